The van der Waals surface area contributed by atoms with E-state index in [0.717, 1.165) is 33.3 Å². The molecule has 0 fully saturated rings. The number of hydrogen-bond donors (Lipinski definition) is 1. The van der Waals surface area contributed by atoms with Gasteiger partial charge in [0.25, 0.3) is 0 Å². The molecule has 0 aliphatic rings. The molecule has 1 N–H and O–H groups in total. The molecule has 0 radical (unpaired) electrons. The predicted octanol–water partition coefficient (Wildman–Crippen LogP) is 4.41. The second-order valence-corrected chi connectivity index (χ2v) is 7.34. The number of nitrogens with one attached hydrogen (secondary N) is 1. The van der Waals surface area contributed by atoms with Crippen molar-refractivity contribution in [3.05, 3.63) is 64.7 Å². The number of nitrogens with zero attached hydrogens (tertiary/aromatic N) is 2. The van der Waals surface area contributed by atoms with Crippen LogP contribution in [-0.4, -0.2) is 37.1 Å². The van der Waals surface area contributed by atoms with Crippen LogP contribution in [0, 0.1) is 20.8 Å². The molecule has 0 bridgehead atoms. The van der Waals surface area contributed by atoms with Crippen LogP contribution >= 0.6 is 0 Å². The molecule has 0 aliphatic carbocycles. The van der Waals surface area contributed by atoms with Gasteiger partial charge in [0, 0.05) is 18.1 Å². The summed E-state index contributed by atoms with van der Waals surface area (Å²) in [7, 11) is 1.75. The zero-order valence-corrected chi connectivity index (χ0v) is 18.1. The fourth-order valence-electron chi connectivity index (χ4n) is 3.57. The van der Waals surface area contributed by atoms with Crippen molar-refractivity contribution in [2.24, 2.45) is 0 Å². The number of esters is 1. The molecule has 1 amide bonds. The summed E-state index contributed by atoms with van der Waals surface area (Å²) in [6.07, 6.45) is 0. The van der Waals surface area contributed by atoms with Crippen LogP contribution in [-0.2, 0) is 9.53 Å². The minimum Gasteiger partial charge on any atom is -0.462 e. The lowest BCUT2D eigenvalue weighted by Gasteiger charge is -2.23. The first-order valence-corrected chi connectivity index (χ1v) is 9.97. The number of rotatable bonds is 6. The van der Waals surface area contributed by atoms with Crippen molar-refractivity contribution in [1.29, 1.82) is 0 Å². The Bertz CT molecular complexity index is 1090. The molecular weight excluding hydrogens is 378 g/mol. The van der Waals surface area contributed by atoms with E-state index in [2.05, 4.69) is 10.3 Å². The topological polar surface area (TPSA) is 71.5 Å². The Hall–Kier alpha value is -3.41. The third kappa shape index (κ3) is 4.27. The second-order valence-electron chi connectivity index (χ2n) is 7.34. The van der Waals surface area contributed by atoms with Gasteiger partial charge in [-0.1, -0.05) is 36.4 Å². The number of carbonyl (C=O) groups is 2. The Morgan fingerprint density at radius 2 is 1.70 bits per heavy atom. The molecule has 2 aromatic carbocycles. The zero-order valence-electron chi connectivity index (χ0n) is 18.1. The quantitative estimate of drug-likeness (QED) is 0.615. The van der Waals surface area contributed by atoms with Crippen LogP contribution in [0.25, 0.3) is 10.9 Å². The Morgan fingerprint density at radius 1 is 1.03 bits per heavy atom. The minimum absolute atomic E-state index is 0.0466. The molecular formula is C24H27N3O3. The van der Waals surface area contributed by atoms with Crippen LogP contribution in [0.2, 0.25) is 0 Å². The van der Waals surface area contributed by atoms with Gasteiger partial charge in [-0.2, -0.15) is 0 Å². The summed E-state index contributed by atoms with van der Waals surface area (Å²) >= 11 is 0. The number of para-hydroxylation sites is 2. The second kappa shape index (κ2) is 8.95. The molecule has 0 saturated heterocycles. The fraction of sp³-hybridized carbons (Fsp3) is 0.292. The maximum absolute atomic E-state index is 12.8. The number of anilines is 2. The van der Waals surface area contributed by atoms with E-state index in [9.17, 15) is 9.59 Å². The van der Waals surface area contributed by atoms with Crippen LogP contribution in [0.1, 0.15) is 34.0 Å². The first-order chi connectivity index (χ1) is 14.3. The van der Waals surface area contributed by atoms with Gasteiger partial charge in [0.2, 0.25) is 5.91 Å². The van der Waals surface area contributed by atoms with Gasteiger partial charge < -0.3 is 15.0 Å². The van der Waals surface area contributed by atoms with Crippen LogP contribution < -0.4 is 10.2 Å². The summed E-state index contributed by atoms with van der Waals surface area (Å²) in [5.74, 6) is -0.191. The van der Waals surface area contributed by atoms with E-state index in [1.54, 1.807) is 18.9 Å². The first kappa shape index (κ1) is 21.3. The molecule has 30 heavy (non-hydrogen) atoms. The number of benzene rings is 2. The lowest BCUT2D eigenvalue weighted by Crippen LogP contribution is -2.32. The molecule has 6 heteroatoms. The number of carbonyl (C=O) groups excluding carboxylic acids is 2. The molecule has 0 atom stereocenters. The average molecular weight is 405 g/mol. The van der Waals surface area contributed by atoms with Crippen LogP contribution in [0.15, 0.2) is 42.5 Å². The van der Waals surface area contributed by atoms with Crippen molar-refractivity contribution in [2.75, 3.05) is 30.4 Å². The highest BCUT2D eigenvalue weighted by atomic mass is 16.5. The number of fused-ring (bicyclic) bond motifs is 1. The Balaban J connectivity index is 1.95. The normalized spacial score (nSPS) is 10.7. The molecule has 0 aliphatic heterocycles. The first-order valence-electron chi connectivity index (χ1n) is 9.97. The summed E-state index contributed by atoms with van der Waals surface area (Å²) in [6.45, 7) is 7.87. The SMILES string of the molecule is CCOC(=O)c1c(N(C)CC(=O)Nc2c(C)cccc2C)nc2ccccc2c1C. The summed E-state index contributed by atoms with van der Waals surface area (Å²) in [6, 6.07) is 13.5. The largest absolute Gasteiger partial charge is 0.462 e. The monoisotopic (exact) mass is 405 g/mol. The summed E-state index contributed by atoms with van der Waals surface area (Å²) in [4.78, 5) is 31.8. The lowest BCUT2D eigenvalue weighted by molar-refractivity contribution is -0.114. The summed E-state index contributed by atoms with van der Waals surface area (Å²) < 4.78 is 5.27. The van der Waals surface area contributed by atoms with Crippen molar-refractivity contribution < 1.29 is 14.3 Å². The Morgan fingerprint density at radius 3 is 2.37 bits per heavy atom. The summed E-state index contributed by atoms with van der Waals surface area (Å²) in [5.41, 5.74) is 4.74. The number of aromatic nitrogens is 1. The molecule has 1 aromatic heterocycles. The average Bonchev–Trinajstić information content (AvgIpc) is 2.71. The van der Waals surface area contributed by atoms with Gasteiger partial charge in [-0.25, -0.2) is 9.78 Å². The van der Waals surface area contributed by atoms with E-state index >= 15 is 0 Å². The number of aryl methyl sites for hydroxylation is 3. The molecule has 0 unspecified atom stereocenters. The highest BCUT2D eigenvalue weighted by Crippen LogP contribution is 2.29. The van der Waals surface area contributed by atoms with Gasteiger partial charge in [0.15, 0.2) is 0 Å². The van der Waals surface area contributed by atoms with Crippen molar-refractivity contribution in [2.45, 2.75) is 27.7 Å². The number of pyridine rings is 1. The van der Waals surface area contributed by atoms with E-state index < -0.39 is 5.97 Å². The van der Waals surface area contributed by atoms with Crippen molar-refractivity contribution in [3.63, 3.8) is 0 Å². The third-order valence-electron chi connectivity index (χ3n) is 5.10. The lowest BCUT2D eigenvalue weighted by atomic mass is 10.0. The number of amides is 1. The van der Waals surface area contributed by atoms with Gasteiger partial charge in [0.1, 0.15) is 11.4 Å². The van der Waals surface area contributed by atoms with Crippen molar-refractivity contribution in [1.82, 2.24) is 4.98 Å². The maximum atomic E-state index is 12.8. The van der Waals surface area contributed by atoms with E-state index in [1.807, 2.05) is 63.2 Å². The van der Waals surface area contributed by atoms with Gasteiger partial charge in [-0.3, -0.25) is 4.79 Å². The van der Waals surface area contributed by atoms with E-state index in [1.165, 1.54) is 0 Å². The molecule has 156 valence electrons. The minimum atomic E-state index is -0.440. The van der Waals surface area contributed by atoms with E-state index in [4.69, 9.17) is 4.74 Å². The van der Waals surface area contributed by atoms with Crippen LogP contribution in [0.4, 0.5) is 11.5 Å². The maximum Gasteiger partial charge on any atom is 0.342 e. The standard InChI is InChI=1S/C24H27N3O3/c1-6-30-24(29)21-17(4)18-12-7-8-13-19(18)25-23(21)27(5)14-20(28)26-22-15(2)10-9-11-16(22)3/h7-13H,6,14H2,1-5H3,(H,26,28). The Labute approximate surface area is 176 Å². The molecule has 6 nitrogen and oxygen atoms in total. The molecule has 1 heterocycles. The third-order valence-corrected chi connectivity index (χ3v) is 5.10. The summed E-state index contributed by atoms with van der Waals surface area (Å²) in [5, 5.41) is 3.87. The van der Waals surface area contributed by atoms with E-state index in [-0.39, 0.29) is 19.1 Å². The number of ether oxygens (including phenoxy) is 1. The van der Waals surface area contributed by atoms with Crippen molar-refractivity contribution in [3.8, 4) is 0 Å². The molecule has 3 aromatic rings. The molecule has 0 spiro atoms. The van der Waals surface area contributed by atoms with Gasteiger partial charge in [0.05, 0.1) is 18.7 Å². The highest BCUT2D eigenvalue weighted by Gasteiger charge is 2.23. The smallest absolute Gasteiger partial charge is 0.342 e. The molecule has 0 saturated carbocycles. The van der Waals surface area contributed by atoms with Gasteiger partial charge >= 0.3 is 5.97 Å². The van der Waals surface area contributed by atoms with Gasteiger partial charge in [-0.15, -0.1) is 0 Å². The van der Waals surface area contributed by atoms with Gasteiger partial charge in [-0.05, 0) is 50.5 Å². The van der Waals surface area contributed by atoms with Crippen molar-refractivity contribution >= 4 is 34.3 Å². The number of likely N-dealkylation sites (N-methyl/N-ethyl adjacent to an activating group) is 1. The molecule has 3 rings (SSSR count). The number of hydrogen-bond acceptors (Lipinski definition) is 5. The zero-order chi connectivity index (χ0) is 21.8. The fourth-order valence-corrected chi connectivity index (χ4v) is 3.57. The van der Waals surface area contributed by atoms with Crippen LogP contribution in [0.3, 0.4) is 0 Å². The predicted molar refractivity (Wildman–Crippen MR) is 120 cm³/mol. The van der Waals surface area contributed by atoms with Crippen LogP contribution in [0.5, 0.6) is 0 Å². The Kier molecular flexibility index (Phi) is 6.35. The highest BCUT2D eigenvalue weighted by molar-refractivity contribution is 6.03. The van der Waals surface area contributed by atoms with E-state index in [0.29, 0.717) is 11.4 Å².